The molecule has 1 aliphatic heterocycles. The molecule has 0 saturated carbocycles. The van der Waals surface area contributed by atoms with Gasteiger partial charge in [0.2, 0.25) is 5.75 Å². The Labute approximate surface area is 185 Å². The minimum absolute atomic E-state index is 0.182. The van der Waals surface area contributed by atoms with Gasteiger partial charge < -0.3 is 18.8 Å². The van der Waals surface area contributed by atoms with Crippen molar-refractivity contribution in [1.82, 2.24) is 9.47 Å². The molecular formula is C26H32N2O3. The van der Waals surface area contributed by atoms with Crippen LogP contribution in [0.4, 0.5) is 0 Å². The van der Waals surface area contributed by atoms with Gasteiger partial charge in [0.05, 0.1) is 27.4 Å². The zero-order chi connectivity index (χ0) is 21.8. The minimum Gasteiger partial charge on any atom is -0.493 e. The first-order valence-corrected chi connectivity index (χ1v) is 11.0. The average Bonchev–Trinajstić information content (AvgIpc) is 3.20. The van der Waals surface area contributed by atoms with E-state index in [4.69, 9.17) is 14.2 Å². The van der Waals surface area contributed by atoms with E-state index in [2.05, 4.69) is 65.1 Å². The smallest absolute Gasteiger partial charge is 0.203 e. The first-order chi connectivity index (χ1) is 15.2. The Hall–Kier alpha value is -2.92. The molecule has 0 N–H and O–H groups in total. The molecule has 0 fully saturated rings. The van der Waals surface area contributed by atoms with Gasteiger partial charge in [-0.15, -0.1) is 0 Å². The Morgan fingerprint density at radius 1 is 0.871 bits per heavy atom. The third kappa shape index (κ3) is 4.15. The number of aryl methyl sites for hydroxylation is 2. The van der Waals surface area contributed by atoms with Crippen LogP contribution in [0.1, 0.15) is 41.8 Å². The van der Waals surface area contributed by atoms with E-state index in [1.54, 1.807) is 21.3 Å². The fraction of sp³-hybridized carbons (Fsp3) is 0.385. The molecule has 1 atom stereocenters. The van der Waals surface area contributed by atoms with Crippen LogP contribution in [0, 0.1) is 0 Å². The summed E-state index contributed by atoms with van der Waals surface area (Å²) in [6, 6.07) is 17.7. The van der Waals surface area contributed by atoms with Gasteiger partial charge in [0.15, 0.2) is 11.5 Å². The molecule has 0 unspecified atom stereocenters. The summed E-state index contributed by atoms with van der Waals surface area (Å²) in [7, 11) is 4.99. The lowest BCUT2D eigenvalue weighted by Gasteiger charge is -2.31. The summed E-state index contributed by atoms with van der Waals surface area (Å²) in [5.74, 6) is 2.06. The highest BCUT2D eigenvalue weighted by molar-refractivity contribution is 5.55. The lowest BCUT2D eigenvalue weighted by Crippen LogP contribution is -2.29. The third-order valence-electron chi connectivity index (χ3n) is 6.22. The largest absolute Gasteiger partial charge is 0.493 e. The predicted octanol–water partition coefficient (Wildman–Crippen LogP) is 5.07. The summed E-state index contributed by atoms with van der Waals surface area (Å²) < 4.78 is 19.3. The zero-order valence-corrected chi connectivity index (χ0v) is 18.9. The van der Waals surface area contributed by atoms with Gasteiger partial charge in [-0.2, -0.15) is 0 Å². The van der Waals surface area contributed by atoms with Crippen molar-refractivity contribution in [3.8, 4) is 17.2 Å². The van der Waals surface area contributed by atoms with Crippen LogP contribution in [0.3, 0.4) is 0 Å². The number of aromatic nitrogens is 1. The summed E-state index contributed by atoms with van der Waals surface area (Å²) in [6.07, 6.45) is 4.35. The van der Waals surface area contributed by atoms with Gasteiger partial charge in [0.25, 0.3) is 0 Å². The number of hydrogen-bond donors (Lipinski definition) is 0. The highest BCUT2D eigenvalue weighted by Crippen LogP contribution is 2.42. The zero-order valence-electron chi connectivity index (χ0n) is 18.9. The van der Waals surface area contributed by atoms with Gasteiger partial charge in [-0.25, -0.2) is 0 Å². The lowest BCUT2D eigenvalue weighted by atomic mass is 9.99. The molecule has 2 heterocycles. The third-order valence-corrected chi connectivity index (χ3v) is 6.22. The molecular weight excluding hydrogens is 388 g/mol. The molecule has 2 aromatic carbocycles. The molecule has 164 valence electrons. The monoisotopic (exact) mass is 420 g/mol. The van der Waals surface area contributed by atoms with Crippen molar-refractivity contribution in [2.45, 2.75) is 38.9 Å². The van der Waals surface area contributed by atoms with Gasteiger partial charge in [-0.3, -0.25) is 4.90 Å². The Morgan fingerprint density at radius 3 is 2.32 bits per heavy atom. The fourth-order valence-corrected chi connectivity index (χ4v) is 4.63. The van der Waals surface area contributed by atoms with E-state index in [0.717, 1.165) is 43.8 Å². The molecule has 31 heavy (non-hydrogen) atoms. The predicted molar refractivity (Wildman–Crippen MR) is 123 cm³/mol. The number of ether oxygens (including phenoxy) is 3. The van der Waals surface area contributed by atoms with E-state index in [-0.39, 0.29) is 6.04 Å². The number of fused-ring (bicyclic) bond motifs is 1. The molecule has 5 nitrogen and oxygen atoms in total. The number of nitrogens with zero attached hydrogens (tertiary/aromatic N) is 2. The topological polar surface area (TPSA) is 35.9 Å². The van der Waals surface area contributed by atoms with Crippen LogP contribution >= 0.6 is 0 Å². The molecule has 0 spiro atoms. The van der Waals surface area contributed by atoms with Crippen molar-refractivity contribution in [3.63, 3.8) is 0 Å². The number of benzene rings is 2. The van der Waals surface area contributed by atoms with Crippen molar-refractivity contribution < 1.29 is 14.2 Å². The molecule has 4 rings (SSSR count). The van der Waals surface area contributed by atoms with E-state index in [1.165, 1.54) is 16.8 Å². The van der Waals surface area contributed by atoms with Crippen LogP contribution < -0.4 is 14.2 Å². The van der Waals surface area contributed by atoms with Crippen molar-refractivity contribution >= 4 is 0 Å². The highest BCUT2D eigenvalue weighted by atomic mass is 16.5. The minimum atomic E-state index is 0.182. The summed E-state index contributed by atoms with van der Waals surface area (Å²) in [6.45, 7) is 4.99. The normalized spacial score (nSPS) is 16.5. The van der Waals surface area contributed by atoms with Crippen LogP contribution in [-0.4, -0.2) is 37.3 Å². The van der Waals surface area contributed by atoms with E-state index in [1.807, 2.05) is 6.07 Å². The van der Waals surface area contributed by atoms with Gasteiger partial charge in [-0.1, -0.05) is 37.3 Å². The van der Waals surface area contributed by atoms with Crippen LogP contribution in [0.5, 0.6) is 17.2 Å². The Bertz CT molecular complexity index is 1010. The van der Waals surface area contributed by atoms with Gasteiger partial charge in [-0.05, 0) is 42.2 Å². The molecule has 3 aromatic rings. The first kappa shape index (κ1) is 21.3. The van der Waals surface area contributed by atoms with Crippen molar-refractivity contribution in [2.75, 3.05) is 27.9 Å². The molecule has 5 heteroatoms. The SMILES string of the molecule is CCc1ccc([C@@H]2c3cccn3CCCN2Cc2ccc(OC)c(OC)c2OC)cc1. The molecule has 0 radical (unpaired) electrons. The van der Waals surface area contributed by atoms with Gasteiger partial charge >= 0.3 is 0 Å². The molecule has 0 saturated heterocycles. The molecule has 1 aromatic heterocycles. The Balaban J connectivity index is 1.75. The maximum absolute atomic E-state index is 5.77. The van der Waals surface area contributed by atoms with Crippen molar-refractivity contribution in [1.29, 1.82) is 0 Å². The number of rotatable bonds is 7. The van der Waals surface area contributed by atoms with E-state index >= 15 is 0 Å². The van der Waals surface area contributed by atoms with E-state index < -0.39 is 0 Å². The van der Waals surface area contributed by atoms with Gasteiger partial charge in [0.1, 0.15) is 0 Å². The van der Waals surface area contributed by atoms with Crippen LogP contribution in [0.2, 0.25) is 0 Å². The van der Waals surface area contributed by atoms with Crippen LogP contribution in [0.25, 0.3) is 0 Å². The van der Waals surface area contributed by atoms with Gasteiger partial charge in [0, 0.05) is 37.1 Å². The summed E-state index contributed by atoms with van der Waals surface area (Å²) in [4.78, 5) is 2.55. The molecule has 1 aliphatic rings. The number of hydrogen-bond acceptors (Lipinski definition) is 4. The van der Waals surface area contributed by atoms with E-state index in [0.29, 0.717) is 11.5 Å². The second-order valence-electron chi connectivity index (χ2n) is 7.94. The molecule has 0 amide bonds. The Morgan fingerprint density at radius 2 is 1.65 bits per heavy atom. The van der Waals surface area contributed by atoms with Crippen molar-refractivity contribution in [2.24, 2.45) is 0 Å². The lowest BCUT2D eigenvalue weighted by molar-refractivity contribution is 0.216. The quantitative estimate of drug-likeness (QED) is 0.535. The maximum Gasteiger partial charge on any atom is 0.203 e. The Kier molecular flexibility index (Phi) is 6.52. The first-order valence-electron chi connectivity index (χ1n) is 11.0. The second kappa shape index (κ2) is 9.48. The fourth-order valence-electron chi connectivity index (χ4n) is 4.63. The standard InChI is InChI=1S/C26H32N2O3/c1-5-19-9-11-20(12-10-19)24-22-8-6-15-27(22)16-7-17-28(24)18-21-13-14-23(29-2)26(31-4)25(21)30-3/h6,8-15,24H,5,7,16-18H2,1-4H3/t24-/m1/s1. The molecule has 0 aliphatic carbocycles. The average molecular weight is 421 g/mol. The summed E-state index contributed by atoms with van der Waals surface area (Å²) in [5, 5.41) is 0. The van der Waals surface area contributed by atoms with E-state index in [9.17, 15) is 0 Å². The maximum atomic E-state index is 5.77. The molecule has 0 bridgehead atoms. The van der Waals surface area contributed by atoms with Crippen LogP contribution in [-0.2, 0) is 19.5 Å². The second-order valence-corrected chi connectivity index (χ2v) is 7.94. The van der Waals surface area contributed by atoms with Crippen molar-refractivity contribution in [3.05, 3.63) is 77.1 Å². The van der Waals surface area contributed by atoms with Crippen LogP contribution in [0.15, 0.2) is 54.7 Å². The summed E-state index contributed by atoms with van der Waals surface area (Å²) in [5.41, 5.74) is 5.11. The highest BCUT2D eigenvalue weighted by Gasteiger charge is 2.29. The summed E-state index contributed by atoms with van der Waals surface area (Å²) >= 11 is 0. The number of methoxy groups -OCH3 is 3.